The zero-order valence-corrected chi connectivity index (χ0v) is 16.4. The first-order valence-corrected chi connectivity index (χ1v) is 10.9. The molecule has 1 aliphatic carbocycles. The molecule has 3 heterocycles. The van der Waals surface area contributed by atoms with Crippen molar-refractivity contribution in [2.75, 3.05) is 37.6 Å². The first-order chi connectivity index (χ1) is 13.2. The smallest absolute Gasteiger partial charge is 0.312 e. The largest absolute Gasteiger partial charge is 0.462 e. The summed E-state index contributed by atoms with van der Waals surface area (Å²) in [4.78, 5) is 17.2. The van der Waals surface area contributed by atoms with Crippen molar-refractivity contribution in [3.63, 3.8) is 0 Å². The third-order valence-corrected chi connectivity index (χ3v) is 7.17. The number of aromatic nitrogens is 2. The van der Waals surface area contributed by atoms with E-state index in [4.69, 9.17) is 4.74 Å². The fourth-order valence-electron chi connectivity index (χ4n) is 5.04. The number of benzene rings is 1. The quantitative estimate of drug-likeness (QED) is 0.753. The van der Waals surface area contributed by atoms with Crippen LogP contribution >= 0.6 is 11.7 Å². The molecule has 7 heteroatoms. The van der Waals surface area contributed by atoms with Crippen molar-refractivity contribution < 1.29 is 9.53 Å². The van der Waals surface area contributed by atoms with E-state index in [0.29, 0.717) is 0 Å². The molecule has 5 rings (SSSR count). The van der Waals surface area contributed by atoms with Gasteiger partial charge in [0.2, 0.25) is 0 Å². The number of carbonyl (C=O) groups is 1. The summed E-state index contributed by atoms with van der Waals surface area (Å²) in [6, 6.07) is 6.25. The zero-order chi connectivity index (χ0) is 18.3. The Hall–Kier alpha value is -1.73. The number of hydrogen-bond acceptors (Lipinski definition) is 7. The summed E-state index contributed by atoms with van der Waals surface area (Å²) in [7, 11) is 0. The highest BCUT2D eigenvalue weighted by Gasteiger charge is 2.50. The molecule has 0 bridgehead atoms. The third kappa shape index (κ3) is 3.21. The number of nitrogens with zero attached hydrogens (tertiary/aromatic N) is 4. The van der Waals surface area contributed by atoms with Crippen LogP contribution in [0.4, 0.5) is 5.69 Å². The molecule has 3 fully saturated rings. The Morgan fingerprint density at radius 2 is 1.96 bits per heavy atom. The van der Waals surface area contributed by atoms with Crippen LogP contribution in [0.1, 0.15) is 38.5 Å². The van der Waals surface area contributed by atoms with Crippen LogP contribution in [-0.2, 0) is 9.53 Å². The molecular weight excluding hydrogens is 360 g/mol. The molecule has 2 saturated heterocycles. The maximum atomic E-state index is 12.3. The van der Waals surface area contributed by atoms with E-state index in [9.17, 15) is 4.79 Å². The van der Waals surface area contributed by atoms with Gasteiger partial charge in [0.25, 0.3) is 0 Å². The Kier molecular flexibility index (Phi) is 4.52. The maximum absolute atomic E-state index is 12.3. The summed E-state index contributed by atoms with van der Waals surface area (Å²) >= 11 is 1.28. The summed E-state index contributed by atoms with van der Waals surface area (Å²) in [6.45, 7) is 5.11. The fraction of sp³-hybridized carbons (Fsp3) is 0.650. The van der Waals surface area contributed by atoms with Crippen molar-refractivity contribution in [3.05, 3.63) is 18.2 Å². The van der Waals surface area contributed by atoms with E-state index in [1.165, 1.54) is 30.3 Å². The van der Waals surface area contributed by atoms with Crippen molar-refractivity contribution in [3.8, 4) is 0 Å². The van der Waals surface area contributed by atoms with E-state index >= 15 is 0 Å². The first-order valence-electron chi connectivity index (χ1n) is 10.1. The van der Waals surface area contributed by atoms with Gasteiger partial charge in [-0.1, -0.05) is 18.9 Å². The molecule has 2 aromatic rings. The molecule has 2 aliphatic heterocycles. The molecule has 1 aromatic heterocycles. The molecule has 0 amide bonds. The van der Waals surface area contributed by atoms with Gasteiger partial charge < -0.3 is 9.64 Å². The monoisotopic (exact) mass is 386 g/mol. The predicted octanol–water partition coefficient (Wildman–Crippen LogP) is 3.08. The van der Waals surface area contributed by atoms with Gasteiger partial charge in [0.05, 0.1) is 22.8 Å². The van der Waals surface area contributed by atoms with Crippen molar-refractivity contribution in [1.82, 2.24) is 13.6 Å². The summed E-state index contributed by atoms with van der Waals surface area (Å²) in [5, 5.41) is 0. The third-order valence-electron chi connectivity index (χ3n) is 6.63. The van der Waals surface area contributed by atoms with Gasteiger partial charge >= 0.3 is 5.97 Å². The molecule has 3 aliphatic rings. The van der Waals surface area contributed by atoms with Crippen LogP contribution in [0.2, 0.25) is 0 Å². The summed E-state index contributed by atoms with van der Waals surface area (Å²) < 4.78 is 14.6. The molecule has 0 radical (unpaired) electrons. The number of hydrogen-bond donors (Lipinski definition) is 0. The van der Waals surface area contributed by atoms with E-state index in [0.717, 1.165) is 69.4 Å². The van der Waals surface area contributed by atoms with Gasteiger partial charge in [-0.15, -0.1) is 0 Å². The first kappa shape index (κ1) is 17.4. The average molecular weight is 387 g/mol. The lowest BCUT2D eigenvalue weighted by Crippen LogP contribution is -2.47. The van der Waals surface area contributed by atoms with Crippen LogP contribution in [0.15, 0.2) is 18.2 Å². The molecule has 1 atom stereocenters. The standard InChI is InChI=1S/C20H26N4O2S/c25-19-20(7-1-2-8-20)14-15(26-19)6-9-23-10-12-24(13-11-23)17-5-3-4-16-18(17)22-27-21-16/h3-5,15H,1-2,6-14H2/t15-/m0/s1. The highest BCUT2D eigenvalue weighted by atomic mass is 32.1. The average Bonchev–Trinajstić information content (AvgIpc) is 3.42. The second-order valence-electron chi connectivity index (χ2n) is 8.25. The van der Waals surface area contributed by atoms with Gasteiger partial charge in [0, 0.05) is 39.1 Å². The second-order valence-corrected chi connectivity index (χ2v) is 8.77. The Morgan fingerprint density at radius 3 is 2.78 bits per heavy atom. The molecule has 1 aromatic carbocycles. The molecule has 144 valence electrons. The minimum absolute atomic E-state index is 0.0831. The van der Waals surface area contributed by atoms with Crippen LogP contribution in [0.25, 0.3) is 11.0 Å². The molecule has 27 heavy (non-hydrogen) atoms. The van der Waals surface area contributed by atoms with Crippen molar-refractivity contribution >= 4 is 34.4 Å². The number of cyclic esters (lactones) is 1. The van der Waals surface area contributed by atoms with Crippen molar-refractivity contribution in [2.45, 2.75) is 44.6 Å². The maximum Gasteiger partial charge on any atom is 0.312 e. The SMILES string of the molecule is O=C1O[C@@H](CCN2CCN(c3cccc4nsnc34)CC2)CC12CCCC2. The lowest BCUT2D eigenvalue weighted by Gasteiger charge is -2.36. The molecular formula is C20H26N4O2S. The second kappa shape index (κ2) is 7.02. The van der Waals surface area contributed by atoms with Crippen LogP contribution in [0, 0.1) is 5.41 Å². The van der Waals surface area contributed by atoms with Crippen LogP contribution in [0.5, 0.6) is 0 Å². The van der Waals surface area contributed by atoms with E-state index in [1.54, 1.807) is 0 Å². The fourth-order valence-corrected chi connectivity index (χ4v) is 5.59. The Balaban J connectivity index is 1.14. The van der Waals surface area contributed by atoms with Gasteiger partial charge in [0.15, 0.2) is 0 Å². The highest BCUT2D eigenvalue weighted by Crippen LogP contribution is 2.48. The number of ether oxygens (including phenoxy) is 1. The van der Waals surface area contributed by atoms with Gasteiger partial charge in [-0.25, -0.2) is 0 Å². The summed E-state index contributed by atoms with van der Waals surface area (Å²) in [5.74, 6) is 0.0831. The van der Waals surface area contributed by atoms with Crippen molar-refractivity contribution in [1.29, 1.82) is 0 Å². The molecule has 6 nitrogen and oxygen atoms in total. The lowest BCUT2D eigenvalue weighted by molar-refractivity contribution is -0.148. The van der Waals surface area contributed by atoms with E-state index in [-0.39, 0.29) is 17.5 Å². The zero-order valence-electron chi connectivity index (χ0n) is 15.6. The highest BCUT2D eigenvalue weighted by molar-refractivity contribution is 7.00. The minimum atomic E-state index is -0.121. The van der Waals surface area contributed by atoms with Crippen molar-refractivity contribution in [2.24, 2.45) is 5.41 Å². The van der Waals surface area contributed by atoms with E-state index in [1.807, 2.05) is 6.07 Å². The van der Waals surface area contributed by atoms with Crippen LogP contribution in [0.3, 0.4) is 0 Å². The van der Waals surface area contributed by atoms with Gasteiger partial charge in [-0.2, -0.15) is 8.75 Å². The van der Waals surface area contributed by atoms with Crippen LogP contribution < -0.4 is 4.90 Å². The minimum Gasteiger partial charge on any atom is -0.462 e. The molecule has 0 N–H and O–H groups in total. The number of rotatable bonds is 4. The Bertz CT molecular complexity index is 824. The molecule has 1 spiro atoms. The van der Waals surface area contributed by atoms with Gasteiger partial charge in [-0.3, -0.25) is 9.69 Å². The lowest BCUT2D eigenvalue weighted by atomic mass is 9.83. The summed E-state index contributed by atoms with van der Waals surface area (Å²) in [6.07, 6.45) is 6.50. The topological polar surface area (TPSA) is 58.6 Å². The number of esters is 1. The number of anilines is 1. The Labute approximate surface area is 163 Å². The normalized spacial score (nSPS) is 25.6. The van der Waals surface area contributed by atoms with Crippen LogP contribution in [-0.4, -0.2) is 58.4 Å². The Morgan fingerprint density at radius 1 is 1.15 bits per heavy atom. The van der Waals surface area contributed by atoms with E-state index in [2.05, 4.69) is 30.7 Å². The molecule has 0 unspecified atom stereocenters. The number of piperazine rings is 1. The number of carbonyl (C=O) groups excluding carboxylic acids is 1. The molecule has 1 saturated carbocycles. The predicted molar refractivity (Wildman–Crippen MR) is 106 cm³/mol. The van der Waals surface area contributed by atoms with Gasteiger partial charge in [0.1, 0.15) is 17.1 Å². The van der Waals surface area contributed by atoms with Gasteiger partial charge in [-0.05, 0) is 31.4 Å². The van der Waals surface area contributed by atoms with E-state index < -0.39 is 0 Å². The summed E-state index contributed by atoms with van der Waals surface area (Å²) in [5.41, 5.74) is 3.09. The number of fused-ring (bicyclic) bond motifs is 1.